The van der Waals surface area contributed by atoms with Crippen molar-refractivity contribution in [3.63, 3.8) is 0 Å². The van der Waals surface area contributed by atoms with E-state index in [1.807, 2.05) is 48.8 Å². The van der Waals surface area contributed by atoms with E-state index in [-0.39, 0.29) is 36.0 Å². The molecule has 2 amide bonds. The van der Waals surface area contributed by atoms with E-state index in [2.05, 4.69) is 11.1 Å². The summed E-state index contributed by atoms with van der Waals surface area (Å²) in [4.78, 5) is 34.2. The second-order valence-electron chi connectivity index (χ2n) is 8.87. The van der Waals surface area contributed by atoms with Crippen molar-refractivity contribution in [2.24, 2.45) is 10.7 Å². The lowest BCUT2D eigenvalue weighted by molar-refractivity contribution is -0.128. The van der Waals surface area contributed by atoms with Gasteiger partial charge in [0.25, 0.3) is 0 Å². The Morgan fingerprint density at radius 2 is 1.74 bits per heavy atom. The third-order valence-corrected chi connectivity index (χ3v) is 5.22. The van der Waals surface area contributed by atoms with Gasteiger partial charge >= 0.3 is 6.09 Å². The molecule has 2 N–H and O–H groups in total. The quantitative estimate of drug-likeness (QED) is 0.359. The Morgan fingerprint density at radius 1 is 1.10 bits per heavy atom. The Kier molecular flexibility index (Phi) is 8.96. The maximum atomic E-state index is 12.2. The van der Waals surface area contributed by atoms with Crippen molar-refractivity contribution in [2.45, 2.75) is 52.3 Å². The van der Waals surface area contributed by atoms with E-state index in [1.165, 1.54) is 0 Å². The predicted octanol–water partition coefficient (Wildman–Crippen LogP) is 2.79. The average molecular weight is 543 g/mol. The number of hydrogen-bond donors (Lipinski definition) is 1. The van der Waals surface area contributed by atoms with Gasteiger partial charge in [-0.15, -0.1) is 24.0 Å². The molecule has 9 heteroatoms. The van der Waals surface area contributed by atoms with Crippen molar-refractivity contribution in [3.8, 4) is 0 Å². The van der Waals surface area contributed by atoms with Gasteiger partial charge in [-0.25, -0.2) is 9.79 Å². The smallest absolute Gasteiger partial charge is 0.410 e. The maximum Gasteiger partial charge on any atom is 0.410 e. The number of guanidine groups is 1. The van der Waals surface area contributed by atoms with Gasteiger partial charge in [-0.2, -0.15) is 0 Å². The van der Waals surface area contributed by atoms with E-state index in [1.54, 1.807) is 4.90 Å². The highest BCUT2D eigenvalue weighted by Gasteiger charge is 2.26. The lowest BCUT2D eigenvalue weighted by Crippen LogP contribution is -2.53. The summed E-state index contributed by atoms with van der Waals surface area (Å²) in [7, 11) is 0. The third-order valence-electron chi connectivity index (χ3n) is 5.22. The number of piperazine rings is 1. The zero-order valence-electron chi connectivity index (χ0n) is 18.7. The van der Waals surface area contributed by atoms with Gasteiger partial charge in [-0.05, 0) is 38.3 Å². The first-order valence-electron chi connectivity index (χ1n) is 10.6. The van der Waals surface area contributed by atoms with Gasteiger partial charge < -0.3 is 25.2 Å². The van der Waals surface area contributed by atoms with Crippen molar-refractivity contribution >= 4 is 41.9 Å². The summed E-state index contributed by atoms with van der Waals surface area (Å²) in [5.41, 5.74) is 7.88. The van der Waals surface area contributed by atoms with Crippen LogP contribution in [0.15, 0.2) is 29.3 Å². The first kappa shape index (κ1) is 25.2. The fourth-order valence-corrected chi connectivity index (χ4v) is 3.63. The molecule has 2 aliphatic heterocycles. The number of nitrogens with two attached hydrogens (primary N) is 1. The monoisotopic (exact) mass is 543 g/mol. The molecular weight excluding hydrogens is 509 g/mol. The van der Waals surface area contributed by atoms with Crippen molar-refractivity contribution < 1.29 is 14.3 Å². The van der Waals surface area contributed by atoms with Crippen LogP contribution in [0.5, 0.6) is 0 Å². The van der Waals surface area contributed by atoms with Gasteiger partial charge in [0.15, 0.2) is 5.96 Å². The summed E-state index contributed by atoms with van der Waals surface area (Å²) in [6.07, 6.45) is 1.31. The normalized spacial score (nSPS) is 17.6. The summed E-state index contributed by atoms with van der Waals surface area (Å²) in [5, 5.41) is 0. The molecule has 0 radical (unpaired) electrons. The summed E-state index contributed by atoms with van der Waals surface area (Å²) in [5.74, 6) is 0.715. The van der Waals surface area contributed by atoms with E-state index < -0.39 is 5.60 Å². The number of nitrogens with zero attached hydrogens (tertiary/aromatic N) is 4. The third kappa shape index (κ3) is 7.55. The topological polar surface area (TPSA) is 91.5 Å². The maximum absolute atomic E-state index is 12.2. The highest BCUT2D eigenvalue weighted by molar-refractivity contribution is 14.0. The SMILES string of the molecule is CC(C)(C)OC(=O)N1CCN(C(N)=NCc2cccc(CN3CCCC3=O)c2)CC1.I. The average Bonchev–Trinajstić information content (AvgIpc) is 3.10. The van der Waals surface area contributed by atoms with E-state index in [4.69, 9.17) is 10.5 Å². The summed E-state index contributed by atoms with van der Waals surface area (Å²) < 4.78 is 5.43. The van der Waals surface area contributed by atoms with Gasteiger partial charge in [0, 0.05) is 45.7 Å². The fourth-order valence-electron chi connectivity index (χ4n) is 3.63. The van der Waals surface area contributed by atoms with E-state index in [0.717, 1.165) is 24.1 Å². The van der Waals surface area contributed by atoms with Crippen molar-refractivity contribution in [1.82, 2.24) is 14.7 Å². The number of benzene rings is 1. The number of hydrogen-bond acceptors (Lipinski definition) is 4. The molecule has 0 atom stereocenters. The van der Waals surface area contributed by atoms with Gasteiger partial charge in [0.1, 0.15) is 5.60 Å². The Labute approximate surface area is 201 Å². The Balaban J connectivity index is 0.00000341. The molecule has 0 spiro atoms. The Bertz CT molecular complexity index is 801. The number of aliphatic imine (C=N–C) groups is 1. The molecule has 0 unspecified atom stereocenters. The lowest BCUT2D eigenvalue weighted by atomic mass is 10.1. The molecule has 0 bridgehead atoms. The molecule has 2 aliphatic rings. The molecule has 0 saturated carbocycles. The molecule has 2 heterocycles. The van der Waals surface area contributed by atoms with Crippen LogP contribution < -0.4 is 5.73 Å². The van der Waals surface area contributed by atoms with E-state index in [9.17, 15) is 9.59 Å². The number of ether oxygens (including phenoxy) is 1. The van der Waals surface area contributed by atoms with Crippen LogP contribution in [-0.4, -0.2) is 71.0 Å². The largest absolute Gasteiger partial charge is 0.444 e. The van der Waals surface area contributed by atoms with Crippen LogP contribution in [0, 0.1) is 0 Å². The lowest BCUT2D eigenvalue weighted by Gasteiger charge is -2.36. The number of carbonyl (C=O) groups is 2. The summed E-state index contributed by atoms with van der Waals surface area (Å²) in [6.45, 7) is 9.95. The van der Waals surface area contributed by atoms with Crippen molar-refractivity contribution in [2.75, 3.05) is 32.7 Å². The van der Waals surface area contributed by atoms with Crippen LogP contribution in [0.3, 0.4) is 0 Å². The van der Waals surface area contributed by atoms with Crippen LogP contribution in [0.2, 0.25) is 0 Å². The summed E-state index contributed by atoms with van der Waals surface area (Å²) >= 11 is 0. The fraction of sp³-hybridized carbons (Fsp3) is 0.591. The van der Waals surface area contributed by atoms with Gasteiger partial charge in [0.05, 0.1) is 6.54 Å². The Hall–Kier alpha value is -2.04. The molecule has 0 aromatic heterocycles. The van der Waals surface area contributed by atoms with Gasteiger partial charge in [-0.3, -0.25) is 4.79 Å². The summed E-state index contributed by atoms with van der Waals surface area (Å²) in [6, 6.07) is 8.14. The minimum atomic E-state index is -0.495. The molecule has 2 saturated heterocycles. The van der Waals surface area contributed by atoms with Crippen molar-refractivity contribution in [1.29, 1.82) is 0 Å². The first-order chi connectivity index (χ1) is 14.2. The molecule has 172 valence electrons. The van der Waals surface area contributed by atoms with Gasteiger partial charge in [0.2, 0.25) is 5.91 Å². The number of amides is 2. The predicted molar refractivity (Wildman–Crippen MR) is 131 cm³/mol. The van der Waals surface area contributed by atoms with Crippen LogP contribution in [0.1, 0.15) is 44.7 Å². The second kappa shape index (κ2) is 11.0. The number of rotatable bonds is 4. The van der Waals surface area contributed by atoms with Gasteiger partial charge in [-0.1, -0.05) is 24.3 Å². The van der Waals surface area contributed by atoms with E-state index in [0.29, 0.717) is 51.6 Å². The molecule has 8 nitrogen and oxygen atoms in total. The van der Waals surface area contributed by atoms with Crippen LogP contribution >= 0.6 is 24.0 Å². The molecule has 0 aliphatic carbocycles. The molecular formula is C22H34IN5O3. The molecule has 1 aromatic carbocycles. The van der Waals surface area contributed by atoms with Crippen LogP contribution in [0.25, 0.3) is 0 Å². The molecule has 2 fully saturated rings. The van der Waals surface area contributed by atoms with Crippen LogP contribution in [0.4, 0.5) is 4.79 Å². The van der Waals surface area contributed by atoms with Crippen molar-refractivity contribution in [3.05, 3.63) is 35.4 Å². The number of halogens is 1. The van der Waals surface area contributed by atoms with Crippen LogP contribution in [-0.2, 0) is 22.6 Å². The molecule has 3 rings (SSSR count). The number of likely N-dealkylation sites (tertiary alicyclic amines) is 1. The number of carbonyl (C=O) groups excluding carboxylic acids is 2. The molecule has 1 aromatic rings. The zero-order chi connectivity index (χ0) is 21.7. The minimum Gasteiger partial charge on any atom is -0.444 e. The Morgan fingerprint density at radius 3 is 2.35 bits per heavy atom. The highest BCUT2D eigenvalue weighted by atomic mass is 127. The highest BCUT2D eigenvalue weighted by Crippen LogP contribution is 2.16. The molecule has 31 heavy (non-hydrogen) atoms. The van der Waals surface area contributed by atoms with E-state index >= 15 is 0 Å². The minimum absolute atomic E-state index is 0. The second-order valence-corrected chi connectivity index (χ2v) is 8.87. The first-order valence-corrected chi connectivity index (χ1v) is 10.6. The standard InChI is InChI=1S/C22H33N5O3.HI/c1-22(2,3)30-21(29)26-12-10-25(11-13-26)20(23)24-15-17-6-4-7-18(14-17)16-27-9-5-8-19(27)28;/h4,6-7,14H,5,8-13,15-16H2,1-3H3,(H2,23,24);1H. The zero-order valence-corrected chi connectivity index (χ0v) is 21.0.